The Morgan fingerprint density at radius 3 is 1.46 bits per heavy atom. The zero-order valence-corrected chi connectivity index (χ0v) is 15.7. The molecule has 151 valence electrons. The topological polar surface area (TPSA) is 20.2 Å². The summed E-state index contributed by atoms with van der Waals surface area (Å²) >= 11 is 0. The van der Waals surface area contributed by atoms with Gasteiger partial charge in [-0.3, -0.25) is 0 Å². The first-order valence-electron chi connectivity index (χ1n) is 6.52. The Balaban J connectivity index is -0.0000000273. The molecule has 1 nitrogen and oxygen atoms in total. The van der Waals surface area contributed by atoms with Crippen LogP contribution in [0.1, 0.15) is 84.7 Å². The molecule has 2 atom stereocenters. The molecule has 1 aromatic rings. The fourth-order valence-electron chi connectivity index (χ4n) is 1.50. The van der Waals surface area contributed by atoms with Crippen LogP contribution in [0.4, 0.5) is 0 Å². The molecule has 0 aliphatic heterocycles. The minimum Gasteiger partial charge on any atom is -0.400 e. The third-order valence-electron chi connectivity index (χ3n) is 2.82. The van der Waals surface area contributed by atoms with Crippen LogP contribution in [0, 0.1) is 18.3 Å². The number of rotatable bonds is 4. The second-order valence-corrected chi connectivity index (χ2v) is 3.86. The Morgan fingerprint density at radius 2 is 1.17 bits per heavy atom. The summed E-state index contributed by atoms with van der Waals surface area (Å²) in [7, 11) is 1.00. The van der Waals surface area contributed by atoms with Crippen molar-refractivity contribution >= 4 is 0 Å². The zero-order chi connectivity index (χ0) is 13.7. The van der Waals surface area contributed by atoms with Gasteiger partial charge < -0.3 is 11.5 Å². The minimum absolute atomic E-state index is 0. The first kappa shape index (κ1) is 56.4. The van der Waals surface area contributed by atoms with Crippen molar-refractivity contribution in [3.05, 3.63) is 42.3 Å². The van der Waals surface area contributed by atoms with Crippen LogP contribution in [0.3, 0.4) is 0 Å². The van der Waals surface area contributed by atoms with Gasteiger partial charge in [0, 0.05) is 39.8 Å². The van der Waals surface area contributed by atoms with Crippen molar-refractivity contribution in [1.29, 1.82) is 0 Å². The number of hydrogen-bond donors (Lipinski definition) is 1. The first-order chi connectivity index (χ1) is 8.24. The molecule has 0 aliphatic rings. The van der Waals surface area contributed by atoms with Crippen molar-refractivity contribution in [2.45, 2.75) is 85.6 Å². The average molecular weight is 423 g/mol. The van der Waals surface area contributed by atoms with Crippen LogP contribution in [0.15, 0.2) is 30.3 Å². The van der Waals surface area contributed by atoms with Gasteiger partial charge in [-0.25, -0.2) is 0 Å². The molecule has 24 heavy (non-hydrogen) atoms. The van der Waals surface area contributed by atoms with Gasteiger partial charge in [-0.05, 0) is 12.0 Å². The largest absolute Gasteiger partial charge is 0.400 e. The Bertz CT molecular complexity index is 237. The summed E-state index contributed by atoms with van der Waals surface area (Å²) in [5.74, 6) is 1.45. The van der Waals surface area contributed by atoms with E-state index in [1.54, 1.807) is 0 Å². The fourth-order valence-corrected chi connectivity index (χ4v) is 1.50. The Kier molecular flexibility index (Phi) is 102. The molecule has 0 saturated carbocycles. The predicted octanol–water partition coefficient (Wildman–Crippen LogP) is 8.17. The van der Waals surface area contributed by atoms with Crippen molar-refractivity contribution in [2.75, 3.05) is 7.11 Å². The van der Waals surface area contributed by atoms with E-state index in [0.29, 0.717) is 5.92 Å². The summed E-state index contributed by atoms with van der Waals surface area (Å²) in [5, 5.41) is 7.00. The van der Waals surface area contributed by atoms with Gasteiger partial charge in [0.2, 0.25) is 0 Å². The molecule has 2 unspecified atom stereocenters. The van der Waals surface area contributed by atoms with Gasteiger partial charge in [0.25, 0.3) is 0 Å². The predicted molar refractivity (Wildman–Crippen MR) is 118 cm³/mol. The van der Waals surface area contributed by atoms with Crippen LogP contribution in [0.2, 0.25) is 0 Å². The van der Waals surface area contributed by atoms with Gasteiger partial charge in [0.05, 0.1) is 0 Å². The third-order valence-corrected chi connectivity index (χ3v) is 2.82. The number of aliphatic hydroxyl groups is 1. The van der Waals surface area contributed by atoms with E-state index >= 15 is 0 Å². The van der Waals surface area contributed by atoms with Gasteiger partial charge in [0.1, 0.15) is 0 Å². The molecule has 2 heteroatoms. The Labute approximate surface area is 183 Å². The summed E-state index contributed by atoms with van der Waals surface area (Å²) in [6, 6.07) is 10.7. The van der Waals surface area contributed by atoms with Crippen molar-refractivity contribution in [3.8, 4) is 0 Å². The van der Waals surface area contributed by atoms with Gasteiger partial charge >= 0.3 is 0 Å². The first-order valence-corrected chi connectivity index (χ1v) is 6.52. The van der Waals surface area contributed by atoms with E-state index in [-0.39, 0.29) is 77.3 Å². The van der Waals surface area contributed by atoms with Crippen molar-refractivity contribution < 1.29 is 37.8 Å². The van der Waals surface area contributed by atoms with E-state index in [2.05, 4.69) is 57.5 Å². The summed E-state index contributed by atoms with van der Waals surface area (Å²) in [4.78, 5) is 0. The maximum atomic E-state index is 7.00. The normalized spacial score (nSPS) is 8.79. The van der Waals surface area contributed by atoms with E-state index < -0.39 is 0 Å². The molecule has 1 rings (SSSR count). The molecule has 0 aliphatic carbocycles. The standard InChI is InChI=1S/C13H19.C2H6.CH4O.6CH4.Y/c1-4-11(2)12(3)10-13-8-6-5-7-9-13;2*1-2;;;;;;;/h4-9,11-12H,10H2,1-3H3;1-2H3;2H,1H3;6*1H4;/q-1;;;;;;;;;. The number of benzene rings is 1. The van der Waals surface area contributed by atoms with Gasteiger partial charge in [-0.15, -0.1) is 0 Å². The second kappa shape index (κ2) is 43.6. The SMILES string of the molecule is C.C.C.C.C.C.CC.CO.C[CH-]C(C)C(C)Cc1ccccc1.[Y]. The second-order valence-electron chi connectivity index (χ2n) is 3.86. The van der Waals surface area contributed by atoms with Crippen LogP contribution in [-0.4, -0.2) is 12.2 Å². The van der Waals surface area contributed by atoms with Gasteiger partial charge in [-0.1, -0.05) is 109 Å². The van der Waals surface area contributed by atoms with Gasteiger partial charge in [-0.2, -0.15) is 12.8 Å². The van der Waals surface area contributed by atoms with E-state index in [1.165, 1.54) is 12.0 Å². The molecule has 0 aromatic heterocycles. The monoisotopic (exact) mass is 422 g/mol. The van der Waals surface area contributed by atoms with Gasteiger partial charge in [0.15, 0.2) is 0 Å². The summed E-state index contributed by atoms with van der Waals surface area (Å²) in [6.45, 7) is 10.7. The molecule has 0 heterocycles. The number of hydrogen-bond acceptors (Lipinski definition) is 1. The Morgan fingerprint density at radius 1 is 0.833 bits per heavy atom. The van der Waals surface area contributed by atoms with E-state index in [4.69, 9.17) is 5.11 Å². The minimum atomic E-state index is 0. The molecule has 0 amide bonds. The van der Waals surface area contributed by atoms with Crippen molar-refractivity contribution in [2.24, 2.45) is 11.8 Å². The summed E-state index contributed by atoms with van der Waals surface area (Å²) in [5.41, 5.74) is 1.45. The maximum absolute atomic E-state index is 7.00. The van der Waals surface area contributed by atoms with E-state index in [1.807, 2.05) is 13.8 Å². The van der Waals surface area contributed by atoms with Crippen LogP contribution >= 0.6 is 0 Å². The van der Waals surface area contributed by atoms with Crippen LogP contribution in [0.25, 0.3) is 0 Å². The van der Waals surface area contributed by atoms with E-state index in [9.17, 15) is 0 Å². The van der Waals surface area contributed by atoms with Crippen molar-refractivity contribution in [3.63, 3.8) is 0 Å². The molecule has 1 radical (unpaired) electrons. The van der Waals surface area contributed by atoms with Crippen LogP contribution in [0.5, 0.6) is 0 Å². The smallest absolute Gasteiger partial charge is 0.0319 e. The van der Waals surface area contributed by atoms with Crippen LogP contribution < -0.4 is 0 Å². The molecule has 1 N–H and O–H groups in total. The molecule has 0 fully saturated rings. The molecule has 0 bridgehead atoms. The average Bonchev–Trinajstić information content (AvgIpc) is 2.43. The molecular weight excluding hydrogens is 369 g/mol. The zero-order valence-electron chi connectivity index (χ0n) is 12.9. The third kappa shape index (κ3) is 30.2. The molecule has 0 saturated heterocycles. The summed E-state index contributed by atoms with van der Waals surface area (Å²) in [6.07, 6.45) is 3.47. The van der Waals surface area contributed by atoms with Crippen LogP contribution in [-0.2, 0) is 39.1 Å². The van der Waals surface area contributed by atoms with Crippen molar-refractivity contribution in [1.82, 2.24) is 0 Å². The fraction of sp³-hybridized carbons (Fsp3) is 0.682. The Hall–Kier alpha value is 0.284. The maximum Gasteiger partial charge on any atom is 0.0319 e. The molecule has 0 spiro atoms. The molecular formula is C22H53OY-. The number of aliphatic hydroxyl groups excluding tert-OH is 1. The molecule has 1 aromatic carbocycles. The summed E-state index contributed by atoms with van der Waals surface area (Å²) < 4.78 is 0. The van der Waals surface area contributed by atoms with E-state index in [0.717, 1.165) is 13.0 Å². The quantitative estimate of drug-likeness (QED) is 0.485.